The van der Waals surface area contributed by atoms with Crippen LogP contribution in [0.2, 0.25) is 0 Å². The van der Waals surface area contributed by atoms with Crippen molar-refractivity contribution in [3.8, 4) is 0 Å². The average molecular weight is 229 g/mol. The number of methoxy groups -OCH3 is 1. The van der Waals surface area contributed by atoms with Crippen LogP contribution in [0.5, 0.6) is 0 Å². The van der Waals surface area contributed by atoms with Crippen LogP contribution in [0, 0.1) is 0 Å². The first-order valence-electron chi connectivity index (χ1n) is 5.95. The minimum absolute atomic E-state index is 0.00825. The van der Waals surface area contributed by atoms with Crippen LogP contribution >= 0.6 is 0 Å². The van der Waals surface area contributed by atoms with Gasteiger partial charge in [0.2, 0.25) is 5.91 Å². The van der Waals surface area contributed by atoms with E-state index in [0.717, 1.165) is 25.8 Å². The van der Waals surface area contributed by atoms with Gasteiger partial charge in [-0.1, -0.05) is 0 Å². The topological polar surface area (TPSA) is 49.8 Å². The fourth-order valence-electron chi connectivity index (χ4n) is 2.06. The van der Waals surface area contributed by atoms with Crippen LogP contribution in [0.15, 0.2) is 0 Å². The third-order valence-corrected chi connectivity index (χ3v) is 3.29. The summed E-state index contributed by atoms with van der Waals surface area (Å²) in [5.41, 5.74) is -0.422. The smallest absolute Gasteiger partial charge is 0.225 e. The van der Waals surface area contributed by atoms with Crippen molar-refractivity contribution in [1.82, 2.24) is 4.90 Å². The number of amides is 1. The molecule has 0 radical (unpaired) electrons. The van der Waals surface area contributed by atoms with E-state index in [1.165, 1.54) is 0 Å². The Kier molecular flexibility index (Phi) is 4.74. The lowest BCUT2D eigenvalue weighted by Crippen LogP contribution is -2.47. The number of ether oxygens (including phenoxy) is 1. The minimum Gasteiger partial charge on any atom is -0.394 e. The number of carbonyl (C=O) groups is 1. The van der Waals surface area contributed by atoms with E-state index in [1.54, 1.807) is 7.11 Å². The number of piperidine rings is 1. The van der Waals surface area contributed by atoms with Crippen molar-refractivity contribution in [2.75, 3.05) is 20.3 Å². The molecular formula is C12H23NO3. The van der Waals surface area contributed by atoms with Crippen molar-refractivity contribution in [1.29, 1.82) is 0 Å². The highest BCUT2D eigenvalue weighted by Crippen LogP contribution is 2.21. The molecule has 1 unspecified atom stereocenters. The molecule has 1 atom stereocenters. The number of hydrogen-bond acceptors (Lipinski definition) is 3. The number of rotatable bonds is 4. The van der Waals surface area contributed by atoms with E-state index in [-0.39, 0.29) is 18.6 Å². The largest absolute Gasteiger partial charge is 0.394 e. The number of nitrogens with zero attached hydrogens (tertiary/aromatic N) is 1. The number of hydrogen-bond donors (Lipinski definition) is 1. The molecule has 4 heteroatoms. The molecule has 0 spiro atoms. The standard InChI is InChI=1S/C12H23NO3/c1-12(2,16-3)8-11(15)13-7-5-4-6-10(13)9-14/h10,14H,4-9H2,1-3H3. The van der Waals surface area contributed by atoms with Gasteiger partial charge in [-0.05, 0) is 33.1 Å². The number of aliphatic hydroxyl groups excluding tert-OH is 1. The van der Waals surface area contributed by atoms with E-state index in [2.05, 4.69) is 0 Å². The van der Waals surface area contributed by atoms with Crippen molar-refractivity contribution >= 4 is 5.91 Å². The van der Waals surface area contributed by atoms with Gasteiger partial charge in [-0.15, -0.1) is 0 Å². The zero-order valence-electron chi connectivity index (χ0n) is 10.5. The van der Waals surface area contributed by atoms with Crippen molar-refractivity contribution in [2.45, 2.75) is 51.2 Å². The Balaban J connectivity index is 2.57. The molecule has 0 saturated carbocycles. The van der Waals surface area contributed by atoms with Crippen LogP contribution in [-0.4, -0.2) is 47.8 Å². The molecule has 1 aliphatic rings. The fourth-order valence-corrected chi connectivity index (χ4v) is 2.06. The van der Waals surface area contributed by atoms with Crippen LogP contribution in [0.1, 0.15) is 39.5 Å². The molecule has 0 aliphatic carbocycles. The molecule has 1 saturated heterocycles. The van der Waals surface area contributed by atoms with Gasteiger partial charge in [-0.2, -0.15) is 0 Å². The van der Waals surface area contributed by atoms with Crippen LogP contribution in [-0.2, 0) is 9.53 Å². The quantitative estimate of drug-likeness (QED) is 0.787. The lowest BCUT2D eigenvalue weighted by molar-refractivity contribution is -0.141. The molecule has 94 valence electrons. The van der Waals surface area contributed by atoms with Gasteiger partial charge in [0, 0.05) is 13.7 Å². The molecule has 4 nitrogen and oxygen atoms in total. The van der Waals surface area contributed by atoms with Crippen LogP contribution in [0.4, 0.5) is 0 Å². The second-order valence-corrected chi connectivity index (χ2v) is 5.06. The van der Waals surface area contributed by atoms with Gasteiger partial charge in [-0.3, -0.25) is 4.79 Å². The minimum atomic E-state index is -0.422. The molecule has 0 aromatic rings. The van der Waals surface area contributed by atoms with E-state index in [0.29, 0.717) is 6.42 Å². The van der Waals surface area contributed by atoms with E-state index in [4.69, 9.17) is 4.74 Å². The van der Waals surface area contributed by atoms with Gasteiger partial charge in [0.25, 0.3) is 0 Å². The van der Waals surface area contributed by atoms with Crippen molar-refractivity contribution in [3.63, 3.8) is 0 Å². The molecule has 0 aromatic carbocycles. The summed E-state index contributed by atoms with van der Waals surface area (Å²) in [6.07, 6.45) is 3.42. The maximum Gasteiger partial charge on any atom is 0.225 e. The zero-order chi connectivity index (χ0) is 12.2. The lowest BCUT2D eigenvalue weighted by atomic mass is 9.99. The van der Waals surface area contributed by atoms with E-state index >= 15 is 0 Å². The summed E-state index contributed by atoms with van der Waals surface area (Å²) >= 11 is 0. The Hall–Kier alpha value is -0.610. The summed E-state index contributed by atoms with van der Waals surface area (Å²) in [6.45, 7) is 4.65. The maximum absolute atomic E-state index is 12.1. The number of carbonyl (C=O) groups excluding carboxylic acids is 1. The van der Waals surface area contributed by atoms with E-state index in [9.17, 15) is 9.90 Å². The van der Waals surface area contributed by atoms with Crippen LogP contribution < -0.4 is 0 Å². The summed E-state index contributed by atoms with van der Waals surface area (Å²) in [5, 5.41) is 9.24. The van der Waals surface area contributed by atoms with Gasteiger partial charge in [-0.25, -0.2) is 0 Å². The summed E-state index contributed by atoms with van der Waals surface area (Å²) in [4.78, 5) is 13.9. The fraction of sp³-hybridized carbons (Fsp3) is 0.917. The first kappa shape index (κ1) is 13.5. The molecule has 1 heterocycles. The van der Waals surface area contributed by atoms with Crippen molar-refractivity contribution in [2.24, 2.45) is 0 Å². The van der Waals surface area contributed by atoms with Crippen LogP contribution in [0.3, 0.4) is 0 Å². The Morgan fingerprint density at radius 3 is 2.75 bits per heavy atom. The maximum atomic E-state index is 12.1. The molecular weight excluding hydrogens is 206 g/mol. The van der Waals surface area contributed by atoms with Gasteiger partial charge in [0.1, 0.15) is 0 Å². The molecule has 0 bridgehead atoms. The molecule has 1 aliphatic heterocycles. The highest BCUT2D eigenvalue weighted by molar-refractivity contribution is 5.77. The molecule has 16 heavy (non-hydrogen) atoms. The summed E-state index contributed by atoms with van der Waals surface area (Å²) in [6, 6.07) is 0.00825. The second kappa shape index (κ2) is 5.64. The molecule has 0 aromatic heterocycles. The van der Waals surface area contributed by atoms with Crippen molar-refractivity contribution < 1.29 is 14.6 Å². The molecule has 1 rings (SSSR count). The summed E-state index contributed by atoms with van der Waals surface area (Å²) in [5.74, 6) is 0.0885. The predicted molar refractivity (Wildman–Crippen MR) is 62.1 cm³/mol. The average Bonchev–Trinajstić information content (AvgIpc) is 2.28. The van der Waals surface area contributed by atoms with Gasteiger partial charge in [0.05, 0.1) is 24.7 Å². The zero-order valence-corrected chi connectivity index (χ0v) is 10.5. The predicted octanol–water partition coefficient (Wildman–Crippen LogP) is 1.17. The monoisotopic (exact) mass is 229 g/mol. The normalized spacial score (nSPS) is 22.2. The first-order chi connectivity index (χ1) is 7.50. The van der Waals surface area contributed by atoms with Gasteiger partial charge < -0.3 is 14.7 Å². The van der Waals surface area contributed by atoms with Crippen LogP contribution in [0.25, 0.3) is 0 Å². The van der Waals surface area contributed by atoms with E-state index in [1.807, 2.05) is 18.7 Å². The lowest BCUT2D eigenvalue weighted by Gasteiger charge is -2.36. The highest BCUT2D eigenvalue weighted by Gasteiger charge is 2.30. The Morgan fingerprint density at radius 1 is 1.50 bits per heavy atom. The van der Waals surface area contributed by atoms with Gasteiger partial charge >= 0.3 is 0 Å². The molecule has 1 N–H and O–H groups in total. The summed E-state index contributed by atoms with van der Waals surface area (Å²) in [7, 11) is 1.62. The highest BCUT2D eigenvalue weighted by atomic mass is 16.5. The first-order valence-corrected chi connectivity index (χ1v) is 5.95. The molecule has 1 fully saturated rings. The Labute approximate surface area is 97.6 Å². The second-order valence-electron chi connectivity index (χ2n) is 5.06. The molecule has 1 amide bonds. The van der Waals surface area contributed by atoms with Gasteiger partial charge in [0.15, 0.2) is 0 Å². The number of likely N-dealkylation sites (tertiary alicyclic amines) is 1. The van der Waals surface area contributed by atoms with Crippen molar-refractivity contribution in [3.05, 3.63) is 0 Å². The third-order valence-electron chi connectivity index (χ3n) is 3.29. The SMILES string of the molecule is COC(C)(C)CC(=O)N1CCCCC1CO. The third kappa shape index (κ3) is 3.46. The van der Waals surface area contributed by atoms with E-state index < -0.39 is 5.60 Å². The summed E-state index contributed by atoms with van der Waals surface area (Å²) < 4.78 is 5.26. The Morgan fingerprint density at radius 2 is 2.19 bits per heavy atom. The Bertz CT molecular complexity index is 240. The number of aliphatic hydroxyl groups is 1.